The maximum absolute atomic E-state index is 12.1. The summed E-state index contributed by atoms with van der Waals surface area (Å²) in [7, 11) is -3.69. The Hall–Kier alpha value is -1.73. The number of sulfonamides is 1. The van der Waals surface area contributed by atoms with Crippen LogP contribution in [0.3, 0.4) is 0 Å². The Morgan fingerprint density at radius 1 is 1.24 bits per heavy atom. The molecule has 2 rings (SSSR count). The Balaban J connectivity index is 1.93. The maximum atomic E-state index is 12.1. The van der Waals surface area contributed by atoms with Gasteiger partial charge >= 0.3 is 0 Å². The molecule has 7 heteroatoms. The molecule has 25 heavy (non-hydrogen) atoms. The topological polar surface area (TPSA) is 87.6 Å². The number of nitrogens with one attached hydrogen (secondary N) is 2. The lowest BCUT2D eigenvalue weighted by molar-refractivity contribution is -0.119. The number of hydrogen-bond donors (Lipinski definition) is 2. The van der Waals surface area contributed by atoms with Crippen LogP contribution in [0, 0.1) is 17.8 Å². The van der Waals surface area contributed by atoms with Crippen LogP contribution in [0.1, 0.15) is 40.0 Å². The molecular formula is C18H27N3O3S. The fraction of sp³-hybridized carbons (Fsp3) is 0.556. The summed E-state index contributed by atoms with van der Waals surface area (Å²) < 4.78 is 26.5. The minimum atomic E-state index is -3.69. The van der Waals surface area contributed by atoms with Crippen molar-refractivity contribution in [2.24, 2.45) is 22.9 Å². The van der Waals surface area contributed by atoms with E-state index in [9.17, 15) is 13.2 Å². The van der Waals surface area contributed by atoms with E-state index in [-0.39, 0.29) is 11.4 Å². The van der Waals surface area contributed by atoms with Crippen molar-refractivity contribution >= 4 is 21.6 Å². The number of rotatable bonds is 6. The first kappa shape index (κ1) is 19.6. The molecule has 1 aromatic carbocycles. The number of hydrogen-bond acceptors (Lipinski definition) is 4. The second kappa shape index (κ2) is 8.58. The van der Waals surface area contributed by atoms with Gasteiger partial charge in [0.25, 0.3) is 5.91 Å². The smallest absolute Gasteiger partial charge is 0.255 e. The normalized spacial score (nSPS) is 23.0. The number of nitrogens with zero attached hydrogens (tertiary/aromatic N) is 1. The van der Waals surface area contributed by atoms with Crippen molar-refractivity contribution in [1.82, 2.24) is 10.1 Å². The van der Waals surface area contributed by atoms with Crippen molar-refractivity contribution in [3.8, 4) is 0 Å². The standard InChI is InChI=1S/C18H27N3O3S/c1-13(2)16-10-9-14(3)11-17(16)20-21-18(22)12-19-25(23,24)15-7-5-4-6-8-15/h4-8,13-14,16,19H,9-12H2,1-3H3,(H,21,22)/b20-17-/t14-,16-/m1/s1. The molecule has 0 bridgehead atoms. The number of carbonyl (C=O) groups excluding carboxylic acids is 1. The lowest BCUT2D eigenvalue weighted by Gasteiger charge is -2.30. The Morgan fingerprint density at radius 2 is 1.92 bits per heavy atom. The molecular weight excluding hydrogens is 338 g/mol. The largest absolute Gasteiger partial charge is 0.272 e. The van der Waals surface area contributed by atoms with Gasteiger partial charge in [-0.15, -0.1) is 0 Å². The Labute approximate surface area is 150 Å². The van der Waals surface area contributed by atoms with E-state index in [1.807, 2.05) is 0 Å². The van der Waals surface area contributed by atoms with Crippen LogP contribution in [0.15, 0.2) is 40.3 Å². The lowest BCUT2D eigenvalue weighted by atomic mass is 9.76. The van der Waals surface area contributed by atoms with Gasteiger partial charge in [-0.2, -0.15) is 5.10 Å². The van der Waals surface area contributed by atoms with E-state index in [1.54, 1.807) is 18.2 Å². The molecule has 1 aliphatic carbocycles. The highest BCUT2D eigenvalue weighted by molar-refractivity contribution is 7.89. The fourth-order valence-electron chi connectivity index (χ4n) is 3.11. The second-order valence-corrected chi connectivity index (χ2v) is 8.78. The fourth-order valence-corrected chi connectivity index (χ4v) is 4.11. The molecule has 1 amide bonds. The minimum absolute atomic E-state index is 0.134. The van der Waals surface area contributed by atoms with Crippen LogP contribution < -0.4 is 10.1 Å². The van der Waals surface area contributed by atoms with Crippen LogP contribution in [-0.4, -0.2) is 26.6 Å². The Bertz CT molecular complexity index is 714. The van der Waals surface area contributed by atoms with Gasteiger partial charge in [0, 0.05) is 11.6 Å². The van der Waals surface area contributed by atoms with Crippen molar-refractivity contribution in [2.45, 2.75) is 44.9 Å². The predicted molar refractivity (Wildman–Crippen MR) is 98.6 cm³/mol. The average molecular weight is 365 g/mol. The molecule has 0 saturated heterocycles. The van der Waals surface area contributed by atoms with Crippen LogP contribution in [0.4, 0.5) is 0 Å². The van der Waals surface area contributed by atoms with Crippen molar-refractivity contribution in [3.63, 3.8) is 0 Å². The molecule has 0 radical (unpaired) electrons. The second-order valence-electron chi connectivity index (χ2n) is 7.01. The van der Waals surface area contributed by atoms with Crippen LogP contribution in [0.2, 0.25) is 0 Å². The average Bonchev–Trinajstić information content (AvgIpc) is 2.59. The molecule has 1 fully saturated rings. The third kappa shape index (κ3) is 5.64. The molecule has 0 aromatic heterocycles. The monoisotopic (exact) mass is 365 g/mol. The molecule has 1 aromatic rings. The molecule has 0 spiro atoms. The summed E-state index contributed by atoms with van der Waals surface area (Å²) in [4.78, 5) is 12.1. The van der Waals surface area contributed by atoms with E-state index in [2.05, 4.69) is 36.0 Å². The highest BCUT2D eigenvalue weighted by Gasteiger charge is 2.27. The zero-order valence-electron chi connectivity index (χ0n) is 15.0. The van der Waals surface area contributed by atoms with Gasteiger partial charge in [0.15, 0.2) is 0 Å². The maximum Gasteiger partial charge on any atom is 0.255 e. The minimum Gasteiger partial charge on any atom is -0.272 e. The van der Waals surface area contributed by atoms with Gasteiger partial charge in [-0.3, -0.25) is 4.79 Å². The first-order chi connectivity index (χ1) is 11.8. The summed E-state index contributed by atoms with van der Waals surface area (Å²) in [5, 5.41) is 4.29. The summed E-state index contributed by atoms with van der Waals surface area (Å²) >= 11 is 0. The van der Waals surface area contributed by atoms with E-state index in [0.29, 0.717) is 17.8 Å². The van der Waals surface area contributed by atoms with Crippen LogP contribution in [-0.2, 0) is 14.8 Å². The van der Waals surface area contributed by atoms with E-state index in [4.69, 9.17) is 0 Å². The van der Waals surface area contributed by atoms with Gasteiger partial charge < -0.3 is 0 Å². The van der Waals surface area contributed by atoms with Gasteiger partial charge in [-0.1, -0.05) is 39.0 Å². The third-order valence-corrected chi connectivity index (χ3v) is 5.98. The van der Waals surface area contributed by atoms with Gasteiger partial charge in [-0.05, 0) is 43.2 Å². The van der Waals surface area contributed by atoms with Crippen LogP contribution >= 0.6 is 0 Å². The quantitative estimate of drug-likeness (QED) is 0.759. The van der Waals surface area contributed by atoms with E-state index in [1.165, 1.54) is 18.6 Å². The first-order valence-corrected chi connectivity index (χ1v) is 10.2. The SMILES string of the molecule is CC(C)[C@H]1CC[C@@H](C)C/C1=N/NC(=O)CNS(=O)(=O)c1ccccc1. The molecule has 0 aliphatic heterocycles. The van der Waals surface area contributed by atoms with Gasteiger partial charge in [0.1, 0.15) is 0 Å². The van der Waals surface area contributed by atoms with Crippen molar-refractivity contribution in [2.75, 3.05) is 6.54 Å². The zero-order valence-corrected chi connectivity index (χ0v) is 15.8. The molecule has 6 nitrogen and oxygen atoms in total. The summed E-state index contributed by atoms with van der Waals surface area (Å²) in [6.07, 6.45) is 3.12. The van der Waals surface area contributed by atoms with E-state index >= 15 is 0 Å². The van der Waals surface area contributed by atoms with Gasteiger partial charge in [-0.25, -0.2) is 18.6 Å². The zero-order chi connectivity index (χ0) is 18.4. The predicted octanol–water partition coefficient (Wildman–Crippen LogP) is 2.53. The molecule has 1 saturated carbocycles. The summed E-state index contributed by atoms with van der Waals surface area (Å²) in [6.45, 7) is 6.16. The first-order valence-electron chi connectivity index (χ1n) is 8.69. The van der Waals surface area contributed by atoms with Gasteiger partial charge in [0.05, 0.1) is 11.4 Å². The Morgan fingerprint density at radius 3 is 2.56 bits per heavy atom. The lowest BCUT2D eigenvalue weighted by Crippen LogP contribution is -2.36. The molecule has 2 N–H and O–H groups in total. The van der Waals surface area contributed by atoms with Crippen molar-refractivity contribution in [3.05, 3.63) is 30.3 Å². The molecule has 0 unspecified atom stereocenters. The number of benzene rings is 1. The third-order valence-electron chi connectivity index (χ3n) is 4.56. The van der Waals surface area contributed by atoms with Crippen LogP contribution in [0.25, 0.3) is 0 Å². The molecule has 1 aliphatic rings. The summed E-state index contributed by atoms with van der Waals surface area (Å²) in [5.74, 6) is 0.937. The molecule has 0 heterocycles. The molecule has 138 valence electrons. The Kier molecular flexibility index (Phi) is 6.72. The number of hydrazone groups is 1. The van der Waals surface area contributed by atoms with Crippen molar-refractivity contribution in [1.29, 1.82) is 0 Å². The van der Waals surface area contributed by atoms with Crippen LogP contribution in [0.5, 0.6) is 0 Å². The summed E-state index contributed by atoms with van der Waals surface area (Å²) in [5.41, 5.74) is 3.51. The number of amides is 1. The van der Waals surface area contributed by atoms with Crippen molar-refractivity contribution < 1.29 is 13.2 Å². The summed E-state index contributed by atoms with van der Waals surface area (Å²) in [6, 6.07) is 7.97. The number of carbonyl (C=O) groups is 1. The van der Waals surface area contributed by atoms with E-state index in [0.717, 1.165) is 18.6 Å². The van der Waals surface area contributed by atoms with Gasteiger partial charge in [0.2, 0.25) is 10.0 Å². The highest BCUT2D eigenvalue weighted by atomic mass is 32.2. The molecule has 2 atom stereocenters. The van der Waals surface area contributed by atoms with E-state index < -0.39 is 15.9 Å². The highest BCUT2D eigenvalue weighted by Crippen LogP contribution is 2.31.